The first-order chi connectivity index (χ1) is 11.7. The highest BCUT2D eigenvalue weighted by molar-refractivity contribution is 5.94. The first kappa shape index (κ1) is 14.9. The maximum atomic E-state index is 12.9. The van der Waals surface area contributed by atoms with E-state index in [9.17, 15) is 10.1 Å². The number of benzene rings is 2. The second kappa shape index (κ2) is 5.77. The fraction of sp³-hybridized carbons (Fsp3) is 0.300. The van der Waals surface area contributed by atoms with Gasteiger partial charge in [0.1, 0.15) is 0 Å². The van der Waals surface area contributed by atoms with Crippen molar-refractivity contribution < 1.29 is 4.79 Å². The molecule has 1 saturated heterocycles. The first-order valence-corrected chi connectivity index (χ1v) is 8.31. The van der Waals surface area contributed by atoms with Crippen molar-refractivity contribution in [1.82, 2.24) is 10.0 Å². The van der Waals surface area contributed by atoms with Crippen molar-refractivity contribution in [1.29, 1.82) is 5.26 Å². The van der Waals surface area contributed by atoms with Gasteiger partial charge in [0.2, 0.25) is 0 Å². The van der Waals surface area contributed by atoms with Crippen molar-refractivity contribution in [2.45, 2.75) is 19.4 Å². The molecule has 0 bridgehead atoms. The van der Waals surface area contributed by atoms with Crippen LogP contribution in [0.25, 0.3) is 0 Å². The van der Waals surface area contributed by atoms with E-state index in [4.69, 9.17) is 0 Å². The Morgan fingerprint density at radius 3 is 2.75 bits per heavy atom. The molecule has 120 valence electrons. The third kappa shape index (κ3) is 2.29. The third-order valence-corrected chi connectivity index (χ3v) is 5.03. The van der Waals surface area contributed by atoms with E-state index in [2.05, 4.69) is 36.2 Å². The van der Waals surface area contributed by atoms with E-state index in [0.717, 1.165) is 13.0 Å². The number of fused-ring (bicyclic) bond motifs is 3. The van der Waals surface area contributed by atoms with Crippen LogP contribution >= 0.6 is 0 Å². The summed E-state index contributed by atoms with van der Waals surface area (Å²) in [6.07, 6.45) is 0.907. The van der Waals surface area contributed by atoms with E-state index in [-0.39, 0.29) is 17.9 Å². The van der Waals surface area contributed by atoms with Crippen LogP contribution in [-0.4, -0.2) is 29.0 Å². The summed E-state index contributed by atoms with van der Waals surface area (Å²) in [5.41, 5.74) is 4.42. The minimum absolute atomic E-state index is 0.0195. The van der Waals surface area contributed by atoms with Gasteiger partial charge in [-0.25, -0.2) is 5.01 Å². The Morgan fingerprint density at radius 2 is 2.00 bits per heavy atom. The number of hydrazine groups is 1. The third-order valence-electron chi connectivity index (χ3n) is 5.03. The van der Waals surface area contributed by atoms with Gasteiger partial charge in [-0.3, -0.25) is 9.80 Å². The molecule has 2 aliphatic heterocycles. The molecular weight excluding hydrogens is 298 g/mol. The second-order valence-corrected chi connectivity index (χ2v) is 6.55. The maximum absolute atomic E-state index is 12.9. The lowest BCUT2D eigenvalue weighted by Crippen LogP contribution is -2.45. The van der Waals surface area contributed by atoms with Gasteiger partial charge in [0, 0.05) is 12.1 Å². The fourth-order valence-corrected chi connectivity index (χ4v) is 3.90. The zero-order valence-corrected chi connectivity index (χ0v) is 13.6. The molecule has 2 aliphatic rings. The molecule has 0 unspecified atom stereocenters. The molecule has 0 N–H and O–H groups in total. The van der Waals surface area contributed by atoms with Crippen molar-refractivity contribution in [3.05, 3.63) is 70.8 Å². The lowest BCUT2D eigenvalue weighted by molar-refractivity contribution is -0.000477. The van der Waals surface area contributed by atoms with E-state index in [1.54, 1.807) is 5.01 Å². The van der Waals surface area contributed by atoms with Crippen LogP contribution in [-0.2, 0) is 6.42 Å². The topological polar surface area (TPSA) is 47.3 Å². The molecule has 24 heavy (non-hydrogen) atoms. The molecule has 2 heterocycles. The molecule has 4 heteroatoms. The highest BCUT2D eigenvalue weighted by Crippen LogP contribution is 2.42. The molecule has 0 saturated carbocycles. The van der Waals surface area contributed by atoms with Gasteiger partial charge in [-0.1, -0.05) is 42.0 Å². The van der Waals surface area contributed by atoms with Gasteiger partial charge >= 0.3 is 0 Å². The van der Waals surface area contributed by atoms with Gasteiger partial charge in [0.25, 0.3) is 5.91 Å². The number of rotatable bonds is 1. The highest BCUT2D eigenvalue weighted by atomic mass is 16.2. The quantitative estimate of drug-likeness (QED) is 0.812. The molecule has 2 aromatic carbocycles. The standard InChI is InChI=1S/C20H19N3O/c1-14-7-8-18-16(11-14)9-10-22-19(18)17(12-21)13-23(22)20(24)15-5-3-2-4-6-15/h2-8,11,17,19H,9-10,13H2,1H3/t17-,19+/m1/s1. The van der Waals surface area contributed by atoms with Crippen LogP contribution in [0.2, 0.25) is 0 Å². The highest BCUT2D eigenvalue weighted by Gasteiger charge is 2.45. The Bertz CT molecular complexity index is 825. The van der Waals surface area contributed by atoms with Crippen LogP contribution in [0, 0.1) is 24.2 Å². The normalized spacial score (nSPS) is 22.6. The van der Waals surface area contributed by atoms with Crippen molar-refractivity contribution in [2.24, 2.45) is 5.92 Å². The minimum Gasteiger partial charge on any atom is -0.269 e. The zero-order valence-electron chi connectivity index (χ0n) is 13.6. The summed E-state index contributed by atoms with van der Waals surface area (Å²) >= 11 is 0. The number of nitriles is 1. The summed E-state index contributed by atoms with van der Waals surface area (Å²) < 4.78 is 0. The molecule has 0 aromatic heterocycles. The number of carbonyl (C=O) groups is 1. The van der Waals surface area contributed by atoms with Gasteiger partial charge < -0.3 is 0 Å². The summed E-state index contributed by atoms with van der Waals surface area (Å²) in [4.78, 5) is 12.9. The number of hydrogen-bond donors (Lipinski definition) is 0. The maximum Gasteiger partial charge on any atom is 0.268 e. The lowest BCUT2D eigenvalue weighted by atomic mass is 9.87. The van der Waals surface area contributed by atoms with Crippen LogP contribution in [0.15, 0.2) is 48.5 Å². The second-order valence-electron chi connectivity index (χ2n) is 6.55. The number of hydrogen-bond acceptors (Lipinski definition) is 3. The molecular formula is C20H19N3O. The number of carbonyl (C=O) groups excluding carboxylic acids is 1. The largest absolute Gasteiger partial charge is 0.269 e. The van der Waals surface area contributed by atoms with E-state index in [1.807, 2.05) is 30.3 Å². The molecule has 4 nitrogen and oxygen atoms in total. The molecule has 0 radical (unpaired) electrons. The van der Waals surface area contributed by atoms with Gasteiger partial charge in [-0.05, 0) is 36.6 Å². The predicted octanol–water partition coefficient (Wildman–Crippen LogP) is 3.11. The Morgan fingerprint density at radius 1 is 1.21 bits per heavy atom. The molecule has 0 spiro atoms. The molecule has 0 aliphatic carbocycles. The van der Waals surface area contributed by atoms with Crippen LogP contribution in [0.4, 0.5) is 0 Å². The predicted molar refractivity (Wildman–Crippen MR) is 90.9 cm³/mol. The Hall–Kier alpha value is -2.64. The average molecular weight is 317 g/mol. The van der Waals surface area contributed by atoms with Crippen LogP contribution in [0.5, 0.6) is 0 Å². The smallest absolute Gasteiger partial charge is 0.268 e. The van der Waals surface area contributed by atoms with E-state index < -0.39 is 0 Å². The SMILES string of the molecule is Cc1ccc2c(c1)CCN1[C@H]2[C@H](C#N)CN1C(=O)c1ccccc1. The van der Waals surface area contributed by atoms with Gasteiger partial charge in [0.15, 0.2) is 0 Å². The Kier molecular flexibility index (Phi) is 3.59. The van der Waals surface area contributed by atoms with E-state index in [0.29, 0.717) is 12.1 Å². The first-order valence-electron chi connectivity index (χ1n) is 8.31. The average Bonchev–Trinajstić information content (AvgIpc) is 3.00. The zero-order chi connectivity index (χ0) is 16.7. The van der Waals surface area contributed by atoms with Crippen molar-refractivity contribution >= 4 is 5.91 Å². The van der Waals surface area contributed by atoms with Gasteiger partial charge in [-0.15, -0.1) is 0 Å². The Labute approximate surface area is 141 Å². The van der Waals surface area contributed by atoms with E-state index >= 15 is 0 Å². The van der Waals surface area contributed by atoms with E-state index in [1.165, 1.54) is 16.7 Å². The summed E-state index contributed by atoms with van der Waals surface area (Å²) in [6.45, 7) is 3.33. The molecule has 2 aromatic rings. The van der Waals surface area contributed by atoms with Gasteiger partial charge in [0.05, 0.1) is 24.6 Å². The van der Waals surface area contributed by atoms with Crippen LogP contribution in [0.1, 0.15) is 33.1 Å². The fourth-order valence-electron chi connectivity index (χ4n) is 3.90. The Balaban J connectivity index is 1.71. The summed E-state index contributed by atoms with van der Waals surface area (Å²) in [5, 5.41) is 13.5. The summed E-state index contributed by atoms with van der Waals surface area (Å²) in [5.74, 6) is -0.215. The van der Waals surface area contributed by atoms with Crippen molar-refractivity contribution in [3.8, 4) is 6.07 Å². The monoisotopic (exact) mass is 317 g/mol. The van der Waals surface area contributed by atoms with Gasteiger partial charge in [-0.2, -0.15) is 5.26 Å². The molecule has 1 amide bonds. The summed E-state index contributed by atoms with van der Waals surface area (Å²) in [6, 6.07) is 18.1. The summed E-state index contributed by atoms with van der Waals surface area (Å²) in [7, 11) is 0. The van der Waals surface area contributed by atoms with Crippen molar-refractivity contribution in [2.75, 3.05) is 13.1 Å². The minimum atomic E-state index is -0.195. The van der Waals surface area contributed by atoms with Crippen LogP contribution in [0.3, 0.4) is 0 Å². The molecule has 1 fully saturated rings. The molecule has 4 rings (SSSR count). The lowest BCUT2D eigenvalue weighted by Gasteiger charge is -2.37. The van der Waals surface area contributed by atoms with Crippen LogP contribution < -0.4 is 0 Å². The number of nitrogens with zero attached hydrogens (tertiary/aromatic N) is 3. The molecule has 2 atom stereocenters. The number of aryl methyl sites for hydroxylation is 1. The number of amides is 1. The van der Waals surface area contributed by atoms with Crippen molar-refractivity contribution in [3.63, 3.8) is 0 Å².